The Morgan fingerprint density at radius 2 is 1.90 bits per heavy atom. The molecule has 7 nitrogen and oxygen atoms in total. The maximum Gasteiger partial charge on any atom is 0.331 e. The third-order valence-corrected chi connectivity index (χ3v) is 4.56. The Labute approximate surface area is 168 Å². The largest absolute Gasteiger partial charge is 0.467 e. The van der Waals surface area contributed by atoms with Gasteiger partial charge < -0.3 is 20.5 Å². The van der Waals surface area contributed by atoms with Crippen molar-refractivity contribution in [1.82, 2.24) is 4.98 Å². The Morgan fingerprint density at radius 1 is 1.10 bits per heavy atom. The number of hydrogen-bond donors (Lipinski definition) is 2. The van der Waals surface area contributed by atoms with E-state index >= 15 is 0 Å². The summed E-state index contributed by atoms with van der Waals surface area (Å²) in [5.41, 5.74) is 8.28. The van der Waals surface area contributed by atoms with Gasteiger partial charge in [0.05, 0.1) is 19.6 Å². The predicted octanol–water partition coefficient (Wildman–Crippen LogP) is 2.61. The van der Waals surface area contributed by atoms with Crippen LogP contribution in [0.4, 0.5) is 5.69 Å². The lowest BCUT2D eigenvalue weighted by atomic mass is 9.97. The zero-order valence-corrected chi connectivity index (χ0v) is 16.1. The first-order valence-corrected chi connectivity index (χ1v) is 9.19. The smallest absolute Gasteiger partial charge is 0.331 e. The van der Waals surface area contributed by atoms with Crippen molar-refractivity contribution in [2.24, 2.45) is 5.73 Å². The van der Waals surface area contributed by atoms with E-state index in [4.69, 9.17) is 10.5 Å². The highest BCUT2D eigenvalue weighted by molar-refractivity contribution is 5.98. The molecule has 1 unspecified atom stereocenters. The summed E-state index contributed by atoms with van der Waals surface area (Å²) in [4.78, 5) is 27.9. The Balaban J connectivity index is 1.64. The summed E-state index contributed by atoms with van der Waals surface area (Å²) in [6.07, 6.45) is 3.49. The van der Waals surface area contributed by atoms with Gasteiger partial charge in [0.25, 0.3) is 0 Å². The van der Waals surface area contributed by atoms with Gasteiger partial charge in [0, 0.05) is 30.0 Å². The molecule has 1 amide bonds. The van der Waals surface area contributed by atoms with Crippen molar-refractivity contribution in [2.75, 3.05) is 25.6 Å². The molecule has 1 heterocycles. The van der Waals surface area contributed by atoms with E-state index in [0.29, 0.717) is 5.69 Å². The number of aromatic nitrogens is 1. The van der Waals surface area contributed by atoms with Crippen molar-refractivity contribution in [3.63, 3.8) is 0 Å². The van der Waals surface area contributed by atoms with Crippen LogP contribution in [0.3, 0.4) is 0 Å². The van der Waals surface area contributed by atoms with Gasteiger partial charge in [-0.25, -0.2) is 4.79 Å². The minimum Gasteiger partial charge on any atom is -0.467 e. The second kappa shape index (κ2) is 9.77. The molecule has 3 aromatic rings. The molecule has 2 aromatic carbocycles. The predicted molar refractivity (Wildman–Crippen MR) is 110 cm³/mol. The number of carbonyl (C=O) groups is 2. The first-order chi connectivity index (χ1) is 14.1. The zero-order chi connectivity index (χ0) is 20.6. The highest BCUT2D eigenvalue weighted by atomic mass is 16.6. The number of fused-ring (bicyclic) bond motifs is 1. The molecule has 3 N–H and O–H groups in total. The number of esters is 1. The van der Waals surface area contributed by atoms with E-state index in [-0.39, 0.29) is 25.7 Å². The number of hydrogen-bond acceptors (Lipinski definition) is 6. The Kier molecular flexibility index (Phi) is 6.89. The molecule has 0 aliphatic carbocycles. The molecule has 1 atom stereocenters. The fourth-order valence-electron chi connectivity index (χ4n) is 2.94. The summed E-state index contributed by atoms with van der Waals surface area (Å²) in [7, 11) is 1.31. The number of methoxy groups -OCH3 is 1. The van der Waals surface area contributed by atoms with Crippen LogP contribution in [-0.2, 0) is 25.7 Å². The monoisotopic (exact) mass is 393 g/mol. The van der Waals surface area contributed by atoms with Crippen molar-refractivity contribution < 1.29 is 19.1 Å². The quantitative estimate of drug-likeness (QED) is 0.570. The number of carbonyl (C=O) groups excluding carboxylic acids is 2. The van der Waals surface area contributed by atoms with E-state index in [1.54, 1.807) is 12.4 Å². The number of amides is 1. The molecule has 1 aromatic heterocycles. The molecular weight excluding hydrogens is 370 g/mol. The molecule has 0 aliphatic rings. The van der Waals surface area contributed by atoms with Crippen LogP contribution < -0.4 is 11.1 Å². The molecule has 3 rings (SSSR count). The van der Waals surface area contributed by atoms with Gasteiger partial charge in [0.15, 0.2) is 0 Å². The highest BCUT2D eigenvalue weighted by Crippen LogP contribution is 2.21. The van der Waals surface area contributed by atoms with E-state index in [9.17, 15) is 9.59 Å². The standard InChI is InChI=1S/C22H23N3O4/c1-28-21(26)14-29-13-15-2-4-16(5-3-15)20(11-23)22(27)25-19-7-6-18-12-24-9-8-17(18)10-19/h2-10,12,20H,11,13-14,23H2,1H3,(H,25,27). The maximum absolute atomic E-state index is 12.8. The first kappa shape index (κ1) is 20.4. The number of rotatable bonds is 8. The van der Waals surface area contributed by atoms with E-state index in [1.807, 2.05) is 48.5 Å². The molecular formula is C22H23N3O4. The van der Waals surface area contributed by atoms with Crippen LogP contribution in [0, 0.1) is 0 Å². The molecule has 7 heteroatoms. The number of ether oxygens (including phenoxy) is 2. The third kappa shape index (κ3) is 5.37. The summed E-state index contributed by atoms with van der Waals surface area (Å²) in [5.74, 6) is -1.07. The number of nitrogens with two attached hydrogens (primary N) is 1. The second-order valence-corrected chi connectivity index (χ2v) is 6.53. The van der Waals surface area contributed by atoms with Crippen molar-refractivity contribution in [3.8, 4) is 0 Å². The van der Waals surface area contributed by atoms with Crippen LogP contribution in [0.2, 0.25) is 0 Å². The van der Waals surface area contributed by atoms with Gasteiger partial charge in [-0.3, -0.25) is 9.78 Å². The third-order valence-electron chi connectivity index (χ3n) is 4.56. The van der Waals surface area contributed by atoms with Gasteiger partial charge in [-0.15, -0.1) is 0 Å². The normalized spacial score (nSPS) is 11.8. The molecule has 0 radical (unpaired) electrons. The molecule has 150 valence electrons. The lowest BCUT2D eigenvalue weighted by Crippen LogP contribution is -2.27. The Bertz CT molecular complexity index is 989. The van der Waals surface area contributed by atoms with E-state index in [0.717, 1.165) is 21.9 Å². The van der Waals surface area contributed by atoms with Crippen molar-refractivity contribution in [2.45, 2.75) is 12.5 Å². The van der Waals surface area contributed by atoms with Crippen LogP contribution in [0.25, 0.3) is 10.8 Å². The summed E-state index contributed by atoms with van der Waals surface area (Å²) < 4.78 is 9.80. The molecule has 0 fully saturated rings. The number of pyridine rings is 1. The van der Waals surface area contributed by atoms with Crippen LogP contribution in [0.15, 0.2) is 60.9 Å². The summed E-state index contributed by atoms with van der Waals surface area (Å²) in [6, 6.07) is 15.0. The van der Waals surface area contributed by atoms with Gasteiger partial charge in [-0.2, -0.15) is 0 Å². The molecule has 0 bridgehead atoms. The van der Waals surface area contributed by atoms with Gasteiger partial charge in [-0.1, -0.05) is 30.3 Å². The van der Waals surface area contributed by atoms with Crippen molar-refractivity contribution in [1.29, 1.82) is 0 Å². The van der Waals surface area contributed by atoms with Crippen LogP contribution in [0.1, 0.15) is 17.0 Å². The van der Waals surface area contributed by atoms with Crippen molar-refractivity contribution in [3.05, 3.63) is 72.1 Å². The highest BCUT2D eigenvalue weighted by Gasteiger charge is 2.19. The lowest BCUT2D eigenvalue weighted by molar-refractivity contribution is -0.146. The van der Waals surface area contributed by atoms with E-state index in [2.05, 4.69) is 15.0 Å². The van der Waals surface area contributed by atoms with Crippen LogP contribution >= 0.6 is 0 Å². The minimum atomic E-state index is -0.479. The maximum atomic E-state index is 12.8. The number of nitrogens with zero attached hydrogens (tertiary/aromatic N) is 1. The van der Waals surface area contributed by atoms with Gasteiger partial charge in [0.1, 0.15) is 6.61 Å². The average molecular weight is 393 g/mol. The van der Waals surface area contributed by atoms with Crippen molar-refractivity contribution >= 4 is 28.3 Å². The van der Waals surface area contributed by atoms with E-state index in [1.165, 1.54) is 7.11 Å². The van der Waals surface area contributed by atoms with Crippen LogP contribution in [0.5, 0.6) is 0 Å². The van der Waals surface area contributed by atoms with E-state index < -0.39 is 11.9 Å². The summed E-state index contributed by atoms with van der Waals surface area (Å²) >= 11 is 0. The number of nitrogens with one attached hydrogen (secondary N) is 1. The van der Waals surface area contributed by atoms with Gasteiger partial charge >= 0.3 is 5.97 Å². The minimum absolute atomic E-state index is 0.103. The summed E-state index contributed by atoms with van der Waals surface area (Å²) in [5, 5.41) is 4.94. The summed E-state index contributed by atoms with van der Waals surface area (Å²) in [6.45, 7) is 0.357. The number of anilines is 1. The van der Waals surface area contributed by atoms with Gasteiger partial charge in [0.2, 0.25) is 5.91 Å². The molecule has 0 saturated carbocycles. The zero-order valence-electron chi connectivity index (χ0n) is 16.1. The fourth-order valence-corrected chi connectivity index (χ4v) is 2.94. The molecule has 29 heavy (non-hydrogen) atoms. The lowest BCUT2D eigenvalue weighted by Gasteiger charge is -2.16. The topological polar surface area (TPSA) is 104 Å². The molecule has 0 spiro atoms. The number of benzene rings is 2. The Hall–Kier alpha value is -3.29. The molecule has 0 saturated heterocycles. The SMILES string of the molecule is COC(=O)COCc1ccc(C(CN)C(=O)Nc2ccc3cnccc3c2)cc1. The first-order valence-electron chi connectivity index (χ1n) is 9.19. The fraction of sp³-hybridized carbons (Fsp3) is 0.227. The molecule has 0 aliphatic heterocycles. The van der Waals surface area contributed by atoms with Gasteiger partial charge in [-0.05, 0) is 34.7 Å². The second-order valence-electron chi connectivity index (χ2n) is 6.53. The van der Waals surface area contributed by atoms with Crippen LogP contribution in [-0.4, -0.2) is 37.1 Å². The average Bonchev–Trinajstić information content (AvgIpc) is 2.75. The Morgan fingerprint density at radius 3 is 2.62 bits per heavy atom.